The number of nitrogens with zero attached hydrogens (tertiary/aromatic N) is 2. The third-order valence-corrected chi connectivity index (χ3v) is 3.15. The van der Waals surface area contributed by atoms with E-state index in [0.29, 0.717) is 0 Å². The van der Waals surface area contributed by atoms with Crippen LogP contribution in [0.1, 0.15) is 24.0 Å². The Morgan fingerprint density at radius 2 is 1.94 bits per heavy atom. The van der Waals surface area contributed by atoms with Crippen molar-refractivity contribution >= 4 is 0 Å². The van der Waals surface area contributed by atoms with Crippen molar-refractivity contribution in [3.63, 3.8) is 0 Å². The molecule has 0 aliphatic carbocycles. The maximum Gasteiger partial charge on any atom is 0.0756 e. The van der Waals surface area contributed by atoms with Crippen LogP contribution in [0.15, 0.2) is 54.9 Å². The Hall–Kier alpha value is -2.14. The van der Waals surface area contributed by atoms with Crippen LogP contribution in [0, 0.1) is 17.2 Å². The van der Waals surface area contributed by atoms with Gasteiger partial charge < -0.3 is 0 Å². The smallest absolute Gasteiger partial charge is 0.0756 e. The number of hydrogen-bond donors (Lipinski definition) is 0. The topological polar surface area (TPSA) is 36.7 Å². The number of pyridine rings is 1. The lowest BCUT2D eigenvalue weighted by atomic mass is 9.85. The average Bonchev–Trinajstić information content (AvgIpc) is 2.42. The normalized spacial score (nSPS) is 13.6. The molecule has 18 heavy (non-hydrogen) atoms. The van der Waals surface area contributed by atoms with Crippen LogP contribution in [0.2, 0.25) is 0 Å². The largest absolute Gasteiger partial charge is 0.264 e. The zero-order valence-electron chi connectivity index (χ0n) is 10.5. The second kappa shape index (κ2) is 5.97. The molecule has 0 spiro atoms. The van der Waals surface area contributed by atoms with Gasteiger partial charge in [0.1, 0.15) is 0 Å². The first-order chi connectivity index (χ1) is 8.81. The van der Waals surface area contributed by atoms with E-state index in [1.54, 1.807) is 12.4 Å². The van der Waals surface area contributed by atoms with Crippen molar-refractivity contribution < 1.29 is 0 Å². The van der Waals surface area contributed by atoms with Crippen molar-refractivity contribution in [1.82, 2.24) is 4.98 Å². The van der Waals surface area contributed by atoms with E-state index in [0.717, 1.165) is 12.0 Å². The lowest BCUT2D eigenvalue weighted by molar-refractivity contribution is 0.527. The summed E-state index contributed by atoms with van der Waals surface area (Å²) in [6, 6.07) is 16.5. The second-order valence-electron chi connectivity index (χ2n) is 4.56. The molecule has 0 aliphatic heterocycles. The van der Waals surface area contributed by atoms with Crippen LogP contribution in [0.5, 0.6) is 0 Å². The minimum atomic E-state index is -0.0982. The fraction of sp³-hybridized carbons (Fsp3) is 0.250. The molecule has 0 amide bonds. The van der Waals surface area contributed by atoms with Gasteiger partial charge in [-0.25, -0.2) is 0 Å². The van der Waals surface area contributed by atoms with E-state index in [2.05, 4.69) is 30.1 Å². The summed E-state index contributed by atoms with van der Waals surface area (Å²) in [6.07, 6.45) is 4.43. The van der Waals surface area contributed by atoms with Crippen molar-refractivity contribution in [3.05, 3.63) is 66.0 Å². The maximum atomic E-state index is 9.35. The van der Waals surface area contributed by atoms with Crippen molar-refractivity contribution in [2.75, 3.05) is 0 Å². The van der Waals surface area contributed by atoms with Gasteiger partial charge in [0.15, 0.2) is 0 Å². The molecule has 1 heterocycles. The monoisotopic (exact) mass is 236 g/mol. The van der Waals surface area contributed by atoms with Crippen molar-refractivity contribution in [3.8, 4) is 6.07 Å². The Labute approximate surface area is 108 Å². The molecule has 0 saturated carbocycles. The molecule has 0 fully saturated rings. The highest BCUT2D eigenvalue weighted by molar-refractivity contribution is 5.24. The van der Waals surface area contributed by atoms with Gasteiger partial charge in [0.2, 0.25) is 0 Å². The van der Waals surface area contributed by atoms with Gasteiger partial charge in [-0.2, -0.15) is 5.26 Å². The van der Waals surface area contributed by atoms with E-state index in [4.69, 9.17) is 0 Å². The van der Waals surface area contributed by atoms with Crippen LogP contribution in [0.25, 0.3) is 0 Å². The van der Waals surface area contributed by atoms with E-state index in [1.165, 1.54) is 5.56 Å². The molecule has 90 valence electrons. The molecule has 2 rings (SSSR count). The fourth-order valence-electron chi connectivity index (χ4n) is 2.19. The molecular weight excluding hydrogens is 220 g/mol. The molecule has 0 saturated heterocycles. The molecule has 0 N–H and O–H groups in total. The van der Waals surface area contributed by atoms with Crippen LogP contribution < -0.4 is 0 Å². The SMILES string of the molecule is C[C@H](Cc1ccccc1)[C@H](C#N)c1cccnc1. The van der Waals surface area contributed by atoms with E-state index in [-0.39, 0.29) is 11.8 Å². The Morgan fingerprint density at radius 3 is 2.56 bits per heavy atom. The summed E-state index contributed by atoms with van der Waals surface area (Å²) in [5.74, 6) is 0.181. The van der Waals surface area contributed by atoms with Gasteiger partial charge in [0.25, 0.3) is 0 Å². The number of benzene rings is 1. The highest BCUT2D eigenvalue weighted by Gasteiger charge is 2.19. The summed E-state index contributed by atoms with van der Waals surface area (Å²) < 4.78 is 0. The van der Waals surface area contributed by atoms with Gasteiger partial charge in [-0.3, -0.25) is 4.98 Å². The van der Waals surface area contributed by atoms with Crippen molar-refractivity contribution in [2.45, 2.75) is 19.3 Å². The Kier molecular flexibility index (Phi) is 4.09. The summed E-state index contributed by atoms with van der Waals surface area (Å²) in [4.78, 5) is 4.09. The Balaban J connectivity index is 2.12. The van der Waals surface area contributed by atoms with Gasteiger partial charge in [-0.05, 0) is 29.5 Å². The summed E-state index contributed by atoms with van der Waals surface area (Å²) in [5, 5.41) is 9.35. The minimum absolute atomic E-state index is 0.0982. The highest BCUT2D eigenvalue weighted by atomic mass is 14.6. The van der Waals surface area contributed by atoms with Gasteiger partial charge in [0.05, 0.1) is 12.0 Å². The van der Waals surface area contributed by atoms with Gasteiger partial charge in [0, 0.05) is 12.4 Å². The molecule has 2 heteroatoms. The third-order valence-electron chi connectivity index (χ3n) is 3.15. The lowest BCUT2D eigenvalue weighted by Crippen LogP contribution is -2.11. The number of nitriles is 1. The molecule has 2 nitrogen and oxygen atoms in total. The fourth-order valence-corrected chi connectivity index (χ4v) is 2.19. The molecule has 2 aromatic rings. The molecule has 0 radical (unpaired) electrons. The molecule has 2 atom stereocenters. The standard InChI is InChI=1S/C16H16N2/c1-13(10-14-6-3-2-4-7-14)16(11-17)15-8-5-9-18-12-15/h2-9,12-13,16H,10H2,1H3/t13-,16+/m1/s1. The van der Waals surface area contributed by atoms with Gasteiger partial charge >= 0.3 is 0 Å². The average molecular weight is 236 g/mol. The first-order valence-corrected chi connectivity index (χ1v) is 6.14. The predicted molar refractivity (Wildman–Crippen MR) is 71.9 cm³/mol. The van der Waals surface area contributed by atoms with Crippen LogP contribution in [0.3, 0.4) is 0 Å². The molecular formula is C16H16N2. The van der Waals surface area contributed by atoms with E-state index in [9.17, 15) is 5.26 Å². The zero-order valence-corrected chi connectivity index (χ0v) is 10.5. The van der Waals surface area contributed by atoms with Crippen LogP contribution >= 0.6 is 0 Å². The van der Waals surface area contributed by atoms with E-state index in [1.807, 2.05) is 30.3 Å². The van der Waals surface area contributed by atoms with Gasteiger partial charge in [-0.1, -0.05) is 43.3 Å². The Bertz CT molecular complexity index is 514. The van der Waals surface area contributed by atoms with E-state index < -0.39 is 0 Å². The first kappa shape index (κ1) is 12.3. The van der Waals surface area contributed by atoms with Crippen molar-refractivity contribution in [1.29, 1.82) is 5.26 Å². The number of rotatable bonds is 4. The van der Waals surface area contributed by atoms with Crippen LogP contribution in [-0.4, -0.2) is 4.98 Å². The third kappa shape index (κ3) is 2.95. The van der Waals surface area contributed by atoms with E-state index >= 15 is 0 Å². The summed E-state index contributed by atoms with van der Waals surface area (Å²) in [6.45, 7) is 2.12. The molecule has 1 aromatic carbocycles. The van der Waals surface area contributed by atoms with Crippen LogP contribution in [0.4, 0.5) is 0 Å². The predicted octanol–water partition coefficient (Wildman–Crippen LogP) is 3.57. The maximum absolute atomic E-state index is 9.35. The number of hydrogen-bond acceptors (Lipinski definition) is 2. The van der Waals surface area contributed by atoms with Crippen molar-refractivity contribution in [2.24, 2.45) is 5.92 Å². The molecule has 1 aromatic heterocycles. The summed E-state index contributed by atoms with van der Waals surface area (Å²) >= 11 is 0. The molecule has 0 bridgehead atoms. The highest BCUT2D eigenvalue weighted by Crippen LogP contribution is 2.26. The second-order valence-corrected chi connectivity index (χ2v) is 4.56. The first-order valence-electron chi connectivity index (χ1n) is 6.14. The summed E-state index contributed by atoms with van der Waals surface area (Å²) in [7, 11) is 0. The molecule has 0 unspecified atom stereocenters. The zero-order chi connectivity index (χ0) is 12.8. The minimum Gasteiger partial charge on any atom is -0.264 e. The Morgan fingerprint density at radius 1 is 1.17 bits per heavy atom. The molecule has 0 aliphatic rings. The quantitative estimate of drug-likeness (QED) is 0.813. The summed E-state index contributed by atoms with van der Waals surface area (Å²) in [5.41, 5.74) is 2.28. The number of aromatic nitrogens is 1. The van der Waals surface area contributed by atoms with Gasteiger partial charge in [-0.15, -0.1) is 0 Å². The lowest BCUT2D eigenvalue weighted by Gasteiger charge is -2.17. The van der Waals surface area contributed by atoms with Crippen LogP contribution in [-0.2, 0) is 6.42 Å².